The summed E-state index contributed by atoms with van der Waals surface area (Å²) in [6.07, 6.45) is 33.3. The number of nitrogens with one attached hydrogen (secondary N) is 1. The van der Waals surface area contributed by atoms with Crippen LogP contribution in [0.3, 0.4) is 0 Å². The number of unbranched alkanes of at least 4 members (excludes halogenated alkanes) is 23. The Hall–Kier alpha value is -0.920. The minimum atomic E-state index is -4.33. The molecule has 0 aliphatic rings. The predicted molar refractivity (Wildman–Crippen MR) is 175 cm³/mol. The zero-order valence-corrected chi connectivity index (χ0v) is 27.7. The fraction of sp³-hybridized carbons (Fsp3) is 0.912. The first kappa shape index (κ1) is 40.1. The van der Waals surface area contributed by atoms with Crippen molar-refractivity contribution >= 4 is 16.0 Å². The van der Waals surface area contributed by atoms with Gasteiger partial charge in [-0.2, -0.15) is 8.42 Å². The van der Waals surface area contributed by atoms with Gasteiger partial charge in [-0.1, -0.05) is 167 Å². The van der Waals surface area contributed by atoms with Crippen molar-refractivity contribution in [1.29, 1.82) is 0 Å². The van der Waals surface area contributed by atoms with Crippen LogP contribution in [0.5, 0.6) is 0 Å². The van der Waals surface area contributed by atoms with Gasteiger partial charge in [0, 0.05) is 6.42 Å². The van der Waals surface area contributed by atoms with E-state index in [9.17, 15) is 22.9 Å². The van der Waals surface area contributed by atoms with Gasteiger partial charge in [0.05, 0.1) is 17.9 Å². The van der Waals surface area contributed by atoms with Gasteiger partial charge in [-0.3, -0.25) is 9.35 Å². The van der Waals surface area contributed by atoms with E-state index in [0.717, 1.165) is 38.5 Å². The van der Waals surface area contributed by atoms with Gasteiger partial charge in [0.25, 0.3) is 10.1 Å². The quantitative estimate of drug-likeness (QED) is 0.0417. The second kappa shape index (κ2) is 29.2. The van der Waals surface area contributed by atoms with Gasteiger partial charge in [-0.25, -0.2) is 0 Å². The number of hydrogen-bond acceptors (Lipinski definition) is 4. The van der Waals surface area contributed by atoms with Crippen LogP contribution < -0.4 is 5.32 Å². The Morgan fingerprint density at radius 1 is 0.634 bits per heavy atom. The molecule has 0 unspecified atom stereocenters. The van der Waals surface area contributed by atoms with Gasteiger partial charge in [0.15, 0.2) is 0 Å². The molecule has 0 saturated carbocycles. The normalized spacial score (nSPS) is 13.6. The lowest BCUT2D eigenvalue weighted by Crippen LogP contribution is -2.46. The molecule has 0 aromatic heterocycles. The number of rotatable bonds is 31. The SMILES string of the molecule is CCCCCCCCCCCCC/C=C/[C@@H](O)[C@H](CS(=O)(=O)O)NC(=O)CCCCCCCCCCCCCCC. The van der Waals surface area contributed by atoms with Crippen molar-refractivity contribution in [2.45, 2.75) is 193 Å². The lowest BCUT2D eigenvalue weighted by atomic mass is 10.0. The van der Waals surface area contributed by atoms with Gasteiger partial charge in [0.2, 0.25) is 5.91 Å². The number of aliphatic hydroxyl groups excluding tert-OH is 1. The van der Waals surface area contributed by atoms with Crippen LogP contribution in [0.4, 0.5) is 0 Å². The summed E-state index contributed by atoms with van der Waals surface area (Å²) < 4.78 is 32.3. The summed E-state index contributed by atoms with van der Waals surface area (Å²) in [6, 6.07) is -1.05. The van der Waals surface area contributed by atoms with E-state index in [4.69, 9.17) is 0 Å². The summed E-state index contributed by atoms with van der Waals surface area (Å²) in [6.45, 7) is 4.49. The van der Waals surface area contributed by atoms with Crippen LogP contribution in [0.1, 0.15) is 181 Å². The average Bonchev–Trinajstić information content (AvgIpc) is 2.92. The fourth-order valence-corrected chi connectivity index (χ4v) is 6.07. The smallest absolute Gasteiger partial charge is 0.267 e. The largest absolute Gasteiger partial charge is 0.387 e. The van der Waals surface area contributed by atoms with E-state index in [1.54, 1.807) is 6.08 Å². The second-order valence-corrected chi connectivity index (χ2v) is 13.7. The highest BCUT2D eigenvalue weighted by Gasteiger charge is 2.24. The Kier molecular flexibility index (Phi) is 28.5. The molecule has 0 fully saturated rings. The van der Waals surface area contributed by atoms with E-state index < -0.39 is 28.0 Å². The number of aliphatic hydroxyl groups is 1. The molecule has 0 spiro atoms. The third kappa shape index (κ3) is 30.3. The van der Waals surface area contributed by atoms with E-state index >= 15 is 0 Å². The Morgan fingerprint density at radius 2 is 1.00 bits per heavy atom. The molecule has 244 valence electrons. The molecule has 6 nitrogen and oxygen atoms in total. The lowest BCUT2D eigenvalue weighted by molar-refractivity contribution is -0.122. The van der Waals surface area contributed by atoms with Crippen molar-refractivity contribution in [2.24, 2.45) is 0 Å². The zero-order chi connectivity index (χ0) is 30.4. The van der Waals surface area contributed by atoms with Crippen molar-refractivity contribution in [2.75, 3.05) is 5.75 Å². The standard InChI is InChI=1S/C34H67NO5S/c1-3-5-7-9-11-13-15-17-19-21-23-25-27-29-33(36)32(31-41(38,39)40)35-34(37)30-28-26-24-22-20-18-16-14-12-10-8-6-4-2/h27,29,32-33,36H,3-26,28,30-31H2,1-2H3,(H,35,37)(H,38,39,40)/b29-27+/t32-,33+/m0/s1. The first-order chi connectivity index (χ1) is 19.8. The van der Waals surface area contributed by atoms with E-state index in [1.165, 1.54) is 122 Å². The predicted octanol–water partition coefficient (Wildman–Crippen LogP) is 9.46. The Bertz CT molecular complexity index is 710. The zero-order valence-electron chi connectivity index (χ0n) is 26.9. The third-order valence-electron chi connectivity index (χ3n) is 7.96. The summed E-state index contributed by atoms with van der Waals surface area (Å²) in [5.41, 5.74) is 0. The molecule has 1 amide bonds. The molecule has 0 aliphatic carbocycles. The number of amides is 1. The molecule has 41 heavy (non-hydrogen) atoms. The van der Waals surface area contributed by atoms with E-state index in [2.05, 4.69) is 19.2 Å². The average molecular weight is 602 g/mol. The molecule has 0 aromatic carbocycles. The van der Waals surface area contributed by atoms with E-state index in [-0.39, 0.29) is 5.91 Å². The van der Waals surface area contributed by atoms with Crippen LogP contribution in [-0.4, -0.2) is 41.9 Å². The summed E-state index contributed by atoms with van der Waals surface area (Å²) >= 11 is 0. The highest BCUT2D eigenvalue weighted by molar-refractivity contribution is 7.85. The molecule has 3 N–H and O–H groups in total. The minimum absolute atomic E-state index is 0.278. The topological polar surface area (TPSA) is 104 Å². The first-order valence-electron chi connectivity index (χ1n) is 17.4. The second-order valence-electron chi connectivity index (χ2n) is 12.2. The van der Waals surface area contributed by atoms with Crippen molar-refractivity contribution in [1.82, 2.24) is 5.32 Å². The van der Waals surface area contributed by atoms with Gasteiger partial charge in [-0.15, -0.1) is 0 Å². The summed E-state index contributed by atoms with van der Waals surface area (Å²) in [5.74, 6) is -0.971. The molecule has 0 bridgehead atoms. The molecule has 2 atom stereocenters. The van der Waals surface area contributed by atoms with Gasteiger partial charge in [-0.05, 0) is 19.3 Å². The maximum Gasteiger partial charge on any atom is 0.267 e. The van der Waals surface area contributed by atoms with Crippen molar-refractivity contribution in [3.8, 4) is 0 Å². The minimum Gasteiger partial charge on any atom is -0.387 e. The number of allylic oxidation sites excluding steroid dienone is 1. The van der Waals surface area contributed by atoms with Crippen molar-refractivity contribution < 1.29 is 22.9 Å². The summed E-state index contributed by atoms with van der Waals surface area (Å²) in [5, 5.41) is 13.1. The van der Waals surface area contributed by atoms with Gasteiger partial charge in [0.1, 0.15) is 0 Å². The van der Waals surface area contributed by atoms with E-state index in [0.29, 0.717) is 6.42 Å². The molecule has 0 saturated heterocycles. The number of carbonyl (C=O) groups is 1. The van der Waals surface area contributed by atoms with Gasteiger partial charge >= 0.3 is 0 Å². The molecule has 0 aliphatic heterocycles. The molecule has 0 aromatic rings. The van der Waals surface area contributed by atoms with Crippen LogP contribution in [0.2, 0.25) is 0 Å². The molecule has 0 heterocycles. The maximum atomic E-state index is 12.4. The molecule has 7 heteroatoms. The molecular weight excluding hydrogens is 534 g/mol. The third-order valence-corrected chi connectivity index (χ3v) is 8.74. The lowest BCUT2D eigenvalue weighted by Gasteiger charge is -2.21. The van der Waals surface area contributed by atoms with E-state index in [1.807, 2.05) is 6.08 Å². The Morgan fingerprint density at radius 3 is 1.39 bits per heavy atom. The molecule has 0 radical (unpaired) electrons. The van der Waals surface area contributed by atoms with Crippen LogP contribution >= 0.6 is 0 Å². The highest BCUT2D eigenvalue weighted by Crippen LogP contribution is 2.14. The molecular formula is C34H67NO5S. The van der Waals surface area contributed by atoms with Crippen LogP contribution in [-0.2, 0) is 14.9 Å². The Balaban J connectivity index is 4.01. The highest BCUT2D eigenvalue weighted by atomic mass is 32.2. The Labute approximate surface area is 254 Å². The van der Waals surface area contributed by atoms with Crippen molar-refractivity contribution in [3.05, 3.63) is 12.2 Å². The fourth-order valence-electron chi connectivity index (χ4n) is 5.33. The first-order valence-corrected chi connectivity index (χ1v) is 19.0. The molecule has 0 rings (SSSR count). The van der Waals surface area contributed by atoms with Gasteiger partial charge < -0.3 is 10.4 Å². The monoisotopic (exact) mass is 601 g/mol. The maximum absolute atomic E-state index is 12.4. The van der Waals surface area contributed by atoms with Crippen LogP contribution in [0.15, 0.2) is 12.2 Å². The van der Waals surface area contributed by atoms with Crippen LogP contribution in [0, 0.1) is 0 Å². The van der Waals surface area contributed by atoms with Crippen LogP contribution in [0.25, 0.3) is 0 Å². The summed E-state index contributed by atoms with van der Waals surface area (Å²) in [7, 11) is -4.33. The number of carbonyl (C=O) groups excluding carboxylic acids is 1. The van der Waals surface area contributed by atoms with Crippen molar-refractivity contribution in [3.63, 3.8) is 0 Å². The number of hydrogen-bond donors (Lipinski definition) is 3. The summed E-state index contributed by atoms with van der Waals surface area (Å²) in [4.78, 5) is 12.4.